The Hall–Kier alpha value is -0.720. The van der Waals surface area contributed by atoms with E-state index in [0.29, 0.717) is 6.42 Å². The fraction of sp³-hybridized carbons (Fsp3) is 1.00. The number of rotatable bonds is 3. The molecule has 0 aliphatic rings. The highest BCUT2D eigenvalue weighted by Gasteiger charge is 2.13. The molecule has 1 unspecified atom stereocenters. The fourth-order valence-electron chi connectivity index (χ4n) is 0.345. The molecule has 0 aliphatic carbocycles. The van der Waals surface area contributed by atoms with Crippen molar-refractivity contribution in [3.63, 3.8) is 0 Å². The summed E-state index contributed by atoms with van der Waals surface area (Å²) in [5, 5.41) is 32.1. The van der Waals surface area contributed by atoms with E-state index >= 15 is 0 Å². The summed E-state index contributed by atoms with van der Waals surface area (Å²) in [7, 11) is 2.00. The van der Waals surface area contributed by atoms with Gasteiger partial charge in [-0.25, -0.2) is 0 Å². The van der Waals surface area contributed by atoms with Gasteiger partial charge in [-0.1, -0.05) is 6.92 Å². The molecule has 0 spiro atoms. The van der Waals surface area contributed by atoms with Crippen molar-refractivity contribution < 1.29 is 20.2 Å². The smallest absolute Gasteiger partial charge is 0.235 e. The van der Waals surface area contributed by atoms with Crippen molar-refractivity contribution in [1.82, 2.24) is 0 Å². The van der Waals surface area contributed by atoms with Crippen LogP contribution in [0.15, 0.2) is 0 Å². The molecule has 0 aromatic rings. The van der Waals surface area contributed by atoms with Gasteiger partial charge in [0.2, 0.25) is 6.04 Å². The Labute approximate surface area is 71.6 Å². The molecule has 0 saturated carbocycles. The van der Waals surface area contributed by atoms with Gasteiger partial charge in [-0.3, -0.25) is 10.1 Å². The van der Waals surface area contributed by atoms with E-state index in [1.54, 1.807) is 6.92 Å². The third-order valence-electron chi connectivity index (χ3n) is 0.980. The van der Waals surface area contributed by atoms with E-state index in [1.165, 1.54) is 0 Å². The molecule has 6 nitrogen and oxygen atoms in total. The first-order valence-corrected chi connectivity index (χ1v) is 3.36. The van der Waals surface area contributed by atoms with Gasteiger partial charge in [0.05, 0.1) is 0 Å². The monoisotopic (exact) mass is 183 g/mol. The average Bonchev–Trinajstić information content (AvgIpc) is 2.13. The standard InChI is InChI=1S/C4H9NO3.2CH4O/c1-2-4(3-6)5(7)8;2*1-2/h4,6H,2-3H2,1H3;2*2H,1H3. The summed E-state index contributed by atoms with van der Waals surface area (Å²) in [6.45, 7) is 1.31. The third kappa shape index (κ3) is 12.0. The van der Waals surface area contributed by atoms with E-state index in [0.717, 1.165) is 14.2 Å². The first-order valence-electron chi connectivity index (χ1n) is 3.36. The van der Waals surface area contributed by atoms with Crippen LogP contribution in [0.2, 0.25) is 0 Å². The van der Waals surface area contributed by atoms with Crippen molar-refractivity contribution in [1.29, 1.82) is 0 Å². The molecule has 6 heteroatoms. The molecule has 0 fully saturated rings. The maximum atomic E-state index is 9.81. The molecular weight excluding hydrogens is 166 g/mol. The summed E-state index contributed by atoms with van der Waals surface area (Å²) in [5.74, 6) is 0. The second-order valence-corrected chi connectivity index (χ2v) is 1.53. The van der Waals surface area contributed by atoms with Crippen LogP contribution in [0.4, 0.5) is 0 Å². The predicted molar refractivity (Wildman–Crippen MR) is 44.4 cm³/mol. The van der Waals surface area contributed by atoms with Crippen molar-refractivity contribution in [2.45, 2.75) is 19.4 Å². The molecule has 76 valence electrons. The number of nitrogens with zero attached hydrogens (tertiary/aromatic N) is 1. The van der Waals surface area contributed by atoms with Crippen molar-refractivity contribution in [2.24, 2.45) is 0 Å². The van der Waals surface area contributed by atoms with Gasteiger partial charge >= 0.3 is 0 Å². The van der Waals surface area contributed by atoms with Crippen LogP contribution in [0.1, 0.15) is 13.3 Å². The lowest BCUT2D eigenvalue weighted by molar-refractivity contribution is -0.526. The van der Waals surface area contributed by atoms with Crippen LogP contribution in [0.5, 0.6) is 0 Å². The quantitative estimate of drug-likeness (QED) is 0.394. The van der Waals surface area contributed by atoms with Gasteiger partial charge in [0, 0.05) is 25.6 Å². The van der Waals surface area contributed by atoms with Crippen LogP contribution in [0, 0.1) is 10.1 Å². The van der Waals surface area contributed by atoms with Gasteiger partial charge in [0.15, 0.2) is 0 Å². The van der Waals surface area contributed by atoms with Gasteiger partial charge in [-0.05, 0) is 0 Å². The number of hydrogen-bond acceptors (Lipinski definition) is 5. The number of aliphatic hydroxyl groups excluding tert-OH is 3. The molecule has 0 saturated heterocycles. The van der Waals surface area contributed by atoms with Crippen LogP contribution in [0.3, 0.4) is 0 Å². The molecule has 0 bridgehead atoms. The molecule has 0 radical (unpaired) electrons. The molecule has 1 atom stereocenters. The molecular formula is C6H17NO5. The lowest BCUT2D eigenvalue weighted by Gasteiger charge is -1.99. The van der Waals surface area contributed by atoms with E-state index in [-0.39, 0.29) is 6.61 Å². The van der Waals surface area contributed by atoms with Crippen LogP contribution >= 0.6 is 0 Å². The van der Waals surface area contributed by atoms with Crippen molar-refractivity contribution >= 4 is 0 Å². The highest BCUT2D eigenvalue weighted by Crippen LogP contribution is 1.92. The Bertz CT molecular complexity index is 84.0. The largest absolute Gasteiger partial charge is 0.400 e. The molecule has 0 aromatic heterocycles. The predicted octanol–water partition coefficient (Wildman–Crippen LogP) is -0.749. The van der Waals surface area contributed by atoms with Gasteiger partial charge < -0.3 is 15.3 Å². The first-order chi connectivity index (χ1) is 5.72. The second kappa shape index (κ2) is 16.7. The average molecular weight is 183 g/mol. The van der Waals surface area contributed by atoms with Crippen molar-refractivity contribution in [3.05, 3.63) is 10.1 Å². The minimum atomic E-state index is -0.769. The summed E-state index contributed by atoms with van der Waals surface area (Å²) in [6, 6.07) is -0.769. The van der Waals surface area contributed by atoms with Gasteiger partial charge in [-0.15, -0.1) is 0 Å². The number of hydrogen-bond donors (Lipinski definition) is 3. The van der Waals surface area contributed by atoms with E-state index in [4.69, 9.17) is 15.3 Å². The van der Waals surface area contributed by atoms with Gasteiger partial charge in [-0.2, -0.15) is 0 Å². The summed E-state index contributed by atoms with van der Waals surface area (Å²) in [4.78, 5) is 9.33. The van der Waals surface area contributed by atoms with Gasteiger partial charge in [0.25, 0.3) is 0 Å². The molecule has 12 heavy (non-hydrogen) atoms. The molecule has 0 aliphatic heterocycles. The summed E-state index contributed by atoms with van der Waals surface area (Å²) in [5.41, 5.74) is 0. The van der Waals surface area contributed by atoms with Gasteiger partial charge in [0.1, 0.15) is 6.61 Å². The topological polar surface area (TPSA) is 104 Å². The normalized spacial score (nSPS) is 9.83. The fourth-order valence-corrected chi connectivity index (χ4v) is 0.345. The van der Waals surface area contributed by atoms with Crippen LogP contribution in [0.25, 0.3) is 0 Å². The third-order valence-corrected chi connectivity index (χ3v) is 0.980. The molecule has 3 N–H and O–H groups in total. The lowest BCUT2D eigenvalue weighted by Crippen LogP contribution is -2.22. The van der Waals surface area contributed by atoms with Crippen molar-refractivity contribution in [2.75, 3.05) is 20.8 Å². The highest BCUT2D eigenvalue weighted by molar-refractivity contribution is 4.47. The number of nitro groups is 1. The minimum absolute atomic E-state index is 0.358. The Kier molecular flexibility index (Phi) is 24.2. The maximum absolute atomic E-state index is 9.81. The zero-order valence-electron chi connectivity index (χ0n) is 7.60. The SMILES string of the molecule is CCC(CO)[N+](=O)[O-].CO.CO. The number of aliphatic hydroxyl groups is 3. The maximum Gasteiger partial charge on any atom is 0.235 e. The summed E-state index contributed by atoms with van der Waals surface area (Å²) < 4.78 is 0. The van der Waals surface area contributed by atoms with E-state index in [9.17, 15) is 10.1 Å². The van der Waals surface area contributed by atoms with E-state index in [2.05, 4.69) is 0 Å². The van der Waals surface area contributed by atoms with Crippen LogP contribution in [-0.4, -0.2) is 47.1 Å². The summed E-state index contributed by atoms with van der Waals surface area (Å²) in [6.07, 6.45) is 0.392. The highest BCUT2D eigenvalue weighted by atomic mass is 16.6. The minimum Gasteiger partial charge on any atom is -0.400 e. The van der Waals surface area contributed by atoms with E-state index < -0.39 is 11.0 Å². The Morgan fingerprint density at radius 3 is 1.67 bits per heavy atom. The Morgan fingerprint density at radius 2 is 1.67 bits per heavy atom. The van der Waals surface area contributed by atoms with Crippen LogP contribution < -0.4 is 0 Å². The zero-order valence-corrected chi connectivity index (χ0v) is 7.60. The first kappa shape index (κ1) is 17.4. The summed E-state index contributed by atoms with van der Waals surface area (Å²) >= 11 is 0. The molecule has 0 heterocycles. The molecule has 0 rings (SSSR count). The molecule has 0 aromatic carbocycles. The van der Waals surface area contributed by atoms with E-state index in [1.807, 2.05) is 0 Å². The molecule has 0 amide bonds. The lowest BCUT2D eigenvalue weighted by atomic mass is 10.3. The Balaban J connectivity index is -0.000000175. The Morgan fingerprint density at radius 1 is 1.33 bits per heavy atom. The van der Waals surface area contributed by atoms with Crippen molar-refractivity contribution in [3.8, 4) is 0 Å². The van der Waals surface area contributed by atoms with Crippen LogP contribution in [-0.2, 0) is 0 Å². The zero-order chi connectivity index (χ0) is 10.6. The second-order valence-electron chi connectivity index (χ2n) is 1.53.